The molecule has 7 nitrogen and oxygen atoms in total. The highest BCUT2D eigenvalue weighted by Crippen LogP contribution is 2.05. The molecule has 0 aliphatic carbocycles. The van der Waals surface area contributed by atoms with E-state index in [0.717, 1.165) is 0 Å². The molecule has 1 aromatic heterocycles. The van der Waals surface area contributed by atoms with Gasteiger partial charge >= 0.3 is 5.97 Å². The molecule has 16 heavy (non-hydrogen) atoms. The minimum absolute atomic E-state index is 0.240. The molecule has 1 heterocycles. The van der Waals surface area contributed by atoms with Gasteiger partial charge in [-0.1, -0.05) is 6.92 Å². The number of carbonyl (C=O) groups is 2. The summed E-state index contributed by atoms with van der Waals surface area (Å²) in [6.45, 7) is 1.56. The number of carboxylic acids is 1. The van der Waals surface area contributed by atoms with Crippen LogP contribution in [-0.2, 0) is 16.1 Å². The molecule has 1 amide bonds. The Kier molecular flexibility index (Phi) is 4.01. The molecule has 0 radical (unpaired) electrons. The number of hydrogen-bond acceptors (Lipinski definition) is 4. The average molecular weight is 226 g/mol. The van der Waals surface area contributed by atoms with Crippen LogP contribution in [-0.4, -0.2) is 32.8 Å². The standard InChI is InChI=1S/C9H14N4O3/c1-2-7(10)9(16)12-6-3-11-13(4-6)5-8(14)15/h3-4,7H,2,5,10H2,1H3,(H,12,16)(H,14,15)/t7-/m0/s1. The highest BCUT2D eigenvalue weighted by molar-refractivity contribution is 5.94. The Morgan fingerprint density at radius 2 is 2.38 bits per heavy atom. The van der Waals surface area contributed by atoms with Crippen molar-refractivity contribution >= 4 is 17.6 Å². The molecule has 0 aromatic carbocycles. The van der Waals surface area contributed by atoms with Crippen LogP contribution < -0.4 is 11.1 Å². The summed E-state index contributed by atoms with van der Waals surface area (Å²) in [5.41, 5.74) is 5.96. The molecule has 1 rings (SSSR count). The maximum atomic E-state index is 11.4. The van der Waals surface area contributed by atoms with Gasteiger partial charge in [0.25, 0.3) is 0 Å². The highest BCUT2D eigenvalue weighted by Gasteiger charge is 2.12. The molecule has 0 aliphatic rings. The lowest BCUT2D eigenvalue weighted by molar-refractivity contribution is -0.137. The summed E-state index contributed by atoms with van der Waals surface area (Å²) in [7, 11) is 0. The number of hydrogen-bond donors (Lipinski definition) is 3. The lowest BCUT2D eigenvalue weighted by Gasteiger charge is -2.07. The summed E-state index contributed by atoms with van der Waals surface area (Å²) in [6, 6.07) is -0.567. The van der Waals surface area contributed by atoms with Gasteiger partial charge in [-0.3, -0.25) is 14.3 Å². The average Bonchev–Trinajstić information content (AvgIpc) is 2.63. The minimum Gasteiger partial charge on any atom is -0.480 e. The number of aromatic nitrogens is 2. The lowest BCUT2D eigenvalue weighted by atomic mass is 10.2. The number of carbonyl (C=O) groups excluding carboxylic acids is 1. The van der Waals surface area contributed by atoms with Crippen molar-refractivity contribution in [2.24, 2.45) is 5.73 Å². The van der Waals surface area contributed by atoms with Gasteiger partial charge in [0, 0.05) is 6.20 Å². The fraction of sp³-hybridized carbons (Fsp3) is 0.444. The van der Waals surface area contributed by atoms with Crippen molar-refractivity contribution in [2.45, 2.75) is 25.9 Å². The third kappa shape index (κ3) is 3.35. The smallest absolute Gasteiger partial charge is 0.325 e. The predicted molar refractivity (Wildman–Crippen MR) is 56.8 cm³/mol. The summed E-state index contributed by atoms with van der Waals surface area (Å²) < 4.78 is 1.22. The zero-order valence-corrected chi connectivity index (χ0v) is 8.88. The van der Waals surface area contributed by atoms with Crippen molar-refractivity contribution in [1.82, 2.24) is 9.78 Å². The first kappa shape index (κ1) is 12.2. The molecule has 0 spiro atoms. The van der Waals surface area contributed by atoms with Crippen molar-refractivity contribution in [2.75, 3.05) is 5.32 Å². The molecule has 0 bridgehead atoms. The molecule has 1 atom stereocenters. The number of nitrogens with two attached hydrogens (primary N) is 1. The lowest BCUT2D eigenvalue weighted by Crippen LogP contribution is -2.34. The molecule has 0 fully saturated rings. The van der Waals surface area contributed by atoms with Crippen LogP contribution in [0.3, 0.4) is 0 Å². The van der Waals surface area contributed by atoms with Gasteiger partial charge in [0.1, 0.15) is 6.54 Å². The van der Waals surface area contributed by atoms with Gasteiger partial charge in [-0.15, -0.1) is 0 Å². The van der Waals surface area contributed by atoms with E-state index in [9.17, 15) is 9.59 Å². The molecular formula is C9H14N4O3. The van der Waals surface area contributed by atoms with Crippen LogP contribution in [0, 0.1) is 0 Å². The predicted octanol–water partition coefficient (Wildman–Crippen LogP) is -0.357. The Morgan fingerprint density at radius 3 is 2.94 bits per heavy atom. The molecule has 4 N–H and O–H groups in total. The summed E-state index contributed by atoms with van der Waals surface area (Å²) in [6.07, 6.45) is 3.35. The zero-order chi connectivity index (χ0) is 12.1. The minimum atomic E-state index is -0.994. The Morgan fingerprint density at radius 1 is 1.69 bits per heavy atom. The van der Waals surface area contributed by atoms with Gasteiger partial charge in [0.15, 0.2) is 0 Å². The molecule has 0 unspecified atom stereocenters. The fourth-order valence-electron chi connectivity index (χ4n) is 1.07. The van der Waals surface area contributed by atoms with E-state index in [1.165, 1.54) is 17.1 Å². The third-order valence-electron chi connectivity index (χ3n) is 1.97. The van der Waals surface area contributed by atoms with Crippen LogP contribution in [0.15, 0.2) is 12.4 Å². The first-order valence-corrected chi connectivity index (χ1v) is 4.83. The van der Waals surface area contributed by atoms with Crippen molar-refractivity contribution in [1.29, 1.82) is 0 Å². The van der Waals surface area contributed by atoms with Gasteiger partial charge in [-0.25, -0.2) is 0 Å². The molecule has 0 aliphatic heterocycles. The van der Waals surface area contributed by atoms with Crippen LogP contribution in [0.5, 0.6) is 0 Å². The SMILES string of the molecule is CC[C@H](N)C(=O)Nc1cnn(CC(=O)O)c1. The zero-order valence-electron chi connectivity index (χ0n) is 8.88. The molecule has 1 aromatic rings. The van der Waals surface area contributed by atoms with E-state index >= 15 is 0 Å². The van der Waals surface area contributed by atoms with Gasteiger partial charge in [-0.2, -0.15) is 5.10 Å². The maximum absolute atomic E-state index is 11.4. The number of amides is 1. The summed E-state index contributed by atoms with van der Waals surface area (Å²) >= 11 is 0. The molecule has 7 heteroatoms. The summed E-state index contributed by atoms with van der Waals surface area (Å²) in [5, 5.41) is 14.8. The molecular weight excluding hydrogens is 212 g/mol. The fourth-order valence-corrected chi connectivity index (χ4v) is 1.07. The van der Waals surface area contributed by atoms with Gasteiger partial charge in [0.05, 0.1) is 17.9 Å². The summed E-state index contributed by atoms with van der Waals surface area (Å²) in [4.78, 5) is 21.8. The monoisotopic (exact) mass is 226 g/mol. The van der Waals surface area contributed by atoms with E-state index in [0.29, 0.717) is 12.1 Å². The van der Waals surface area contributed by atoms with E-state index in [2.05, 4.69) is 10.4 Å². The number of rotatable bonds is 5. The van der Waals surface area contributed by atoms with E-state index in [1.54, 1.807) is 6.92 Å². The van der Waals surface area contributed by atoms with Crippen LogP contribution in [0.2, 0.25) is 0 Å². The Labute approximate surface area is 92.2 Å². The second-order valence-electron chi connectivity index (χ2n) is 3.32. The van der Waals surface area contributed by atoms with Gasteiger partial charge < -0.3 is 16.2 Å². The first-order chi connectivity index (χ1) is 7.52. The second kappa shape index (κ2) is 5.26. The Hall–Kier alpha value is -1.89. The number of carboxylic acid groups (broad SMARTS) is 1. The normalized spacial score (nSPS) is 12.1. The van der Waals surface area contributed by atoms with E-state index < -0.39 is 12.0 Å². The van der Waals surface area contributed by atoms with Crippen LogP contribution in [0.1, 0.15) is 13.3 Å². The first-order valence-electron chi connectivity index (χ1n) is 4.83. The molecule has 0 saturated heterocycles. The Balaban J connectivity index is 2.58. The van der Waals surface area contributed by atoms with Gasteiger partial charge in [0.2, 0.25) is 5.91 Å². The van der Waals surface area contributed by atoms with Crippen LogP contribution in [0.4, 0.5) is 5.69 Å². The maximum Gasteiger partial charge on any atom is 0.325 e. The topological polar surface area (TPSA) is 110 Å². The van der Waals surface area contributed by atoms with E-state index in [1.807, 2.05) is 0 Å². The van der Waals surface area contributed by atoms with Crippen molar-refractivity contribution in [3.05, 3.63) is 12.4 Å². The number of anilines is 1. The van der Waals surface area contributed by atoms with Crippen LogP contribution >= 0.6 is 0 Å². The number of aliphatic carboxylic acids is 1. The van der Waals surface area contributed by atoms with Crippen molar-refractivity contribution in [3.63, 3.8) is 0 Å². The summed E-state index contributed by atoms with van der Waals surface area (Å²) in [5.74, 6) is -1.30. The van der Waals surface area contributed by atoms with Crippen molar-refractivity contribution in [3.8, 4) is 0 Å². The van der Waals surface area contributed by atoms with E-state index in [-0.39, 0.29) is 12.5 Å². The molecule has 0 saturated carbocycles. The van der Waals surface area contributed by atoms with Gasteiger partial charge in [-0.05, 0) is 6.42 Å². The van der Waals surface area contributed by atoms with E-state index in [4.69, 9.17) is 10.8 Å². The molecule has 88 valence electrons. The number of nitrogens with zero attached hydrogens (tertiary/aromatic N) is 2. The third-order valence-corrected chi connectivity index (χ3v) is 1.97. The van der Waals surface area contributed by atoms with Crippen LogP contribution in [0.25, 0.3) is 0 Å². The largest absolute Gasteiger partial charge is 0.480 e. The quantitative estimate of drug-likeness (QED) is 0.635. The highest BCUT2D eigenvalue weighted by atomic mass is 16.4. The Bertz CT molecular complexity index is 388. The second-order valence-corrected chi connectivity index (χ2v) is 3.32. The van der Waals surface area contributed by atoms with Crippen molar-refractivity contribution < 1.29 is 14.7 Å². The number of nitrogens with one attached hydrogen (secondary N) is 1.